The van der Waals surface area contributed by atoms with E-state index in [1.807, 2.05) is 32.9 Å². The van der Waals surface area contributed by atoms with Gasteiger partial charge in [-0.25, -0.2) is 9.78 Å². The van der Waals surface area contributed by atoms with E-state index in [2.05, 4.69) is 5.32 Å². The van der Waals surface area contributed by atoms with Gasteiger partial charge in [0, 0.05) is 29.1 Å². The molecule has 3 aromatic rings. The van der Waals surface area contributed by atoms with Gasteiger partial charge in [-0.2, -0.15) is 0 Å². The van der Waals surface area contributed by atoms with E-state index in [1.54, 1.807) is 17.6 Å². The second-order valence-corrected chi connectivity index (χ2v) is 12.7. The van der Waals surface area contributed by atoms with E-state index < -0.39 is 23.3 Å². The van der Waals surface area contributed by atoms with Gasteiger partial charge in [-0.3, -0.25) is 9.59 Å². The molecule has 1 saturated carbocycles. The van der Waals surface area contributed by atoms with E-state index in [-0.39, 0.29) is 54.6 Å². The molecule has 1 aromatic carbocycles. The molecule has 1 fully saturated rings. The fourth-order valence-corrected chi connectivity index (χ4v) is 6.32. The summed E-state index contributed by atoms with van der Waals surface area (Å²) < 4.78 is 24.7. The number of hydrogen-bond donors (Lipinski definition) is 2. The number of aromatic nitrogens is 2. The Morgan fingerprint density at radius 2 is 1.86 bits per heavy atom. The van der Waals surface area contributed by atoms with Gasteiger partial charge in [-0.05, 0) is 63.6 Å². The first kappa shape index (κ1) is 27.8. The van der Waals surface area contributed by atoms with Gasteiger partial charge in [-0.15, -0.1) is 0 Å². The first-order chi connectivity index (χ1) is 20.5. The highest BCUT2D eigenvalue weighted by atomic mass is 16.6. The Labute approximate surface area is 248 Å². The highest BCUT2D eigenvalue weighted by Crippen LogP contribution is 2.43. The van der Waals surface area contributed by atoms with Crippen molar-refractivity contribution in [2.45, 2.75) is 84.0 Å². The van der Waals surface area contributed by atoms with E-state index in [1.165, 1.54) is 0 Å². The molecule has 2 aromatic heterocycles. The van der Waals surface area contributed by atoms with Crippen LogP contribution in [-0.2, 0) is 44.4 Å². The third-order valence-electron chi connectivity index (χ3n) is 8.70. The molecule has 11 heteroatoms. The molecule has 2 atom stereocenters. The molecule has 3 aliphatic heterocycles. The number of benzene rings is 1. The molecule has 0 bridgehead atoms. The summed E-state index contributed by atoms with van der Waals surface area (Å²) in [4.78, 5) is 44.8. The molecule has 4 aliphatic rings. The van der Waals surface area contributed by atoms with Crippen LogP contribution in [0.5, 0.6) is 11.5 Å². The van der Waals surface area contributed by atoms with Gasteiger partial charge in [0.25, 0.3) is 5.56 Å². The van der Waals surface area contributed by atoms with Crippen molar-refractivity contribution in [1.82, 2.24) is 14.9 Å². The van der Waals surface area contributed by atoms with Crippen LogP contribution in [0.25, 0.3) is 22.3 Å². The van der Waals surface area contributed by atoms with Crippen LogP contribution in [0.1, 0.15) is 69.2 Å². The Morgan fingerprint density at radius 1 is 1.14 bits per heavy atom. The minimum absolute atomic E-state index is 0.0548. The number of fused-ring (bicyclic) bond motifs is 6. The SMILES string of the molecule is CC[C@@]1(O)C(=O)OCc2c1cc1n(c2=O)Cc2c-1nc1cc3c(cc1c2CNC(=O)C(OC(C)(C)C)C1CC1)OCCO3. The molecule has 5 heterocycles. The Bertz CT molecular complexity index is 1750. The normalized spacial score (nSPS) is 21.1. The van der Waals surface area contributed by atoms with E-state index in [0.29, 0.717) is 41.6 Å². The van der Waals surface area contributed by atoms with Crippen LogP contribution in [-0.4, -0.2) is 51.5 Å². The van der Waals surface area contributed by atoms with Crippen molar-refractivity contribution in [2.24, 2.45) is 5.92 Å². The van der Waals surface area contributed by atoms with Crippen LogP contribution in [0.3, 0.4) is 0 Å². The molecule has 226 valence electrons. The van der Waals surface area contributed by atoms with Gasteiger partial charge < -0.3 is 33.9 Å². The number of amides is 1. The number of esters is 1. The predicted octanol–water partition coefficient (Wildman–Crippen LogP) is 3.06. The van der Waals surface area contributed by atoms with Crippen LogP contribution in [0.2, 0.25) is 0 Å². The molecule has 1 aliphatic carbocycles. The molecule has 1 amide bonds. The minimum atomic E-state index is -1.92. The predicted molar refractivity (Wildman–Crippen MR) is 155 cm³/mol. The smallest absolute Gasteiger partial charge is 0.343 e. The van der Waals surface area contributed by atoms with Crippen molar-refractivity contribution >= 4 is 22.8 Å². The fourth-order valence-electron chi connectivity index (χ4n) is 6.32. The van der Waals surface area contributed by atoms with Crippen LogP contribution in [0, 0.1) is 5.92 Å². The molecule has 1 unspecified atom stereocenters. The quantitative estimate of drug-likeness (QED) is 0.325. The van der Waals surface area contributed by atoms with Gasteiger partial charge >= 0.3 is 5.97 Å². The summed E-state index contributed by atoms with van der Waals surface area (Å²) in [7, 11) is 0. The van der Waals surface area contributed by atoms with Crippen molar-refractivity contribution in [3.63, 3.8) is 0 Å². The lowest BCUT2D eigenvalue weighted by Crippen LogP contribution is -2.44. The third-order valence-corrected chi connectivity index (χ3v) is 8.70. The average molecular weight is 590 g/mol. The molecular formula is C32H35N3O8. The number of cyclic esters (lactones) is 1. The number of nitrogens with one attached hydrogen (secondary N) is 1. The van der Waals surface area contributed by atoms with Crippen molar-refractivity contribution in [3.05, 3.63) is 50.8 Å². The number of carbonyl (C=O) groups is 2. The van der Waals surface area contributed by atoms with Gasteiger partial charge in [0.15, 0.2) is 17.1 Å². The van der Waals surface area contributed by atoms with Crippen LogP contribution < -0.4 is 20.3 Å². The van der Waals surface area contributed by atoms with Crippen molar-refractivity contribution in [1.29, 1.82) is 0 Å². The maximum Gasteiger partial charge on any atom is 0.343 e. The lowest BCUT2D eigenvalue weighted by Gasteiger charge is -2.31. The number of pyridine rings is 2. The summed E-state index contributed by atoms with van der Waals surface area (Å²) >= 11 is 0. The largest absolute Gasteiger partial charge is 0.486 e. The molecule has 7 rings (SSSR count). The zero-order chi connectivity index (χ0) is 30.3. The molecule has 2 N–H and O–H groups in total. The third kappa shape index (κ3) is 4.56. The molecule has 11 nitrogen and oxygen atoms in total. The number of hydrogen-bond acceptors (Lipinski definition) is 9. The van der Waals surface area contributed by atoms with Crippen LogP contribution in [0.15, 0.2) is 23.0 Å². The number of ether oxygens (including phenoxy) is 4. The molecule has 0 saturated heterocycles. The van der Waals surface area contributed by atoms with E-state index in [4.69, 9.17) is 23.9 Å². The number of nitrogens with zero attached hydrogens (tertiary/aromatic N) is 2. The lowest BCUT2D eigenvalue weighted by atomic mass is 9.86. The van der Waals surface area contributed by atoms with Gasteiger partial charge in [-0.1, -0.05) is 6.92 Å². The zero-order valence-electron chi connectivity index (χ0n) is 24.7. The highest BCUT2D eigenvalue weighted by molar-refractivity contribution is 5.92. The highest BCUT2D eigenvalue weighted by Gasteiger charge is 2.46. The minimum Gasteiger partial charge on any atom is -0.486 e. The maximum atomic E-state index is 13.8. The van der Waals surface area contributed by atoms with Crippen molar-refractivity contribution < 1.29 is 33.6 Å². The zero-order valence-corrected chi connectivity index (χ0v) is 24.7. The van der Waals surface area contributed by atoms with Crippen LogP contribution >= 0.6 is 0 Å². The lowest BCUT2D eigenvalue weighted by molar-refractivity contribution is -0.172. The summed E-state index contributed by atoms with van der Waals surface area (Å²) in [6.45, 7) is 8.52. The Kier molecular flexibility index (Phi) is 6.34. The Morgan fingerprint density at radius 3 is 2.53 bits per heavy atom. The monoisotopic (exact) mass is 589 g/mol. The molecular weight excluding hydrogens is 554 g/mol. The molecule has 43 heavy (non-hydrogen) atoms. The Hall–Kier alpha value is -3.96. The first-order valence-electron chi connectivity index (χ1n) is 14.9. The van der Waals surface area contributed by atoms with E-state index >= 15 is 0 Å². The van der Waals surface area contributed by atoms with Gasteiger partial charge in [0.1, 0.15) is 25.9 Å². The topological polar surface area (TPSA) is 138 Å². The van der Waals surface area contributed by atoms with Crippen LogP contribution in [0.4, 0.5) is 0 Å². The van der Waals surface area contributed by atoms with E-state index in [9.17, 15) is 19.5 Å². The fraction of sp³-hybridized carbons (Fsp3) is 0.500. The second-order valence-electron chi connectivity index (χ2n) is 12.7. The van der Waals surface area contributed by atoms with Gasteiger partial charge in [0.2, 0.25) is 5.91 Å². The average Bonchev–Trinajstić information content (AvgIpc) is 3.76. The van der Waals surface area contributed by atoms with E-state index in [0.717, 1.165) is 29.4 Å². The molecule has 0 radical (unpaired) electrons. The summed E-state index contributed by atoms with van der Waals surface area (Å²) in [6, 6.07) is 5.37. The Balaban J connectivity index is 1.35. The summed E-state index contributed by atoms with van der Waals surface area (Å²) in [5.74, 6) is 0.393. The summed E-state index contributed by atoms with van der Waals surface area (Å²) in [5.41, 5.74) is 0.998. The van der Waals surface area contributed by atoms with Gasteiger partial charge in [0.05, 0.1) is 34.6 Å². The van der Waals surface area contributed by atoms with Crippen molar-refractivity contribution in [3.8, 4) is 22.9 Å². The summed E-state index contributed by atoms with van der Waals surface area (Å²) in [5, 5.41) is 15.1. The maximum absolute atomic E-state index is 13.8. The molecule has 0 spiro atoms. The number of aliphatic hydroxyl groups is 1. The second kappa shape index (κ2) is 9.78. The standard InChI is InChI=1S/C32H35N3O8/c1-5-32(39)21-11-23-26-19(14-35(23)29(37)20(21)15-42-30(32)38)18(13-33-28(36)27(16-6-7-16)43-31(2,3)4)17-10-24-25(12-22(17)34-26)41-9-8-40-24/h10-12,16,27,39H,5-9,13-15H2,1-4H3,(H,33,36)/t27?,32-/m0/s1. The number of carbonyl (C=O) groups excluding carboxylic acids is 2. The summed E-state index contributed by atoms with van der Waals surface area (Å²) in [6.07, 6.45) is 1.40. The number of rotatable bonds is 6. The first-order valence-corrected chi connectivity index (χ1v) is 14.9. The van der Waals surface area contributed by atoms with Crippen molar-refractivity contribution in [2.75, 3.05) is 13.2 Å².